The first-order valence-corrected chi connectivity index (χ1v) is 5.82. The van der Waals surface area contributed by atoms with E-state index in [1.165, 1.54) is 5.56 Å². The third kappa shape index (κ3) is 3.20. The molecule has 2 nitrogen and oxygen atoms in total. The van der Waals surface area contributed by atoms with Gasteiger partial charge in [0.15, 0.2) is 0 Å². The molecule has 0 saturated heterocycles. The Morgan fingerprint density at radius 3 is 2.13 bits per heavy atom. The summed E-state index contributed by atoms with van der Waals surface area (Å²) in [6, 6.07) is 8.10. The van der Waals surface area contributed by atoms with E-state index in [9.17, 15) is 0 Å². The van der Waals surface area contributed by atoms with Gasteiger partial charge in [-0.3, -0.25) is 11.3 Å². The minimum atomic E-state index is 0.220. The monoisotopic (exact) mass is 226 g/mol. The second-order valence-electron chi connectivity index (χ2n) is 3.77. The maximum Gasteiger partial charge on any atom is 0.0487 e. The van der Waals surface area contributed by atoms with Crippen molar-refractivity contribution in [2.75, 3.05) is 0 Å². The number of rotatable bonds is 5. The van der Waals surface area contributed by atoms with Crippen molar-refractivity contribution in [1.29, 1.82) is 0 Å². The number of nitrogens with one attached hydrogen (secondary N) is 1. The number of halogens is 1. The number of hydrogen-bond acceptors (Lipinski definition) is 2. The van der Waals surface area contributed by atoms with Gasteiger partial charge >= 0.3 is 0 Å². The predicted octanol–water partition coefficient (Wildman–Crippen LogP) is 3.28. The lowest BCUT2D eigenvalue weighted by molar-refractivity contribution is 0.345. The van der Waals surface area contributed by atoms with E-state index in [2.05, 4.69) is 19.3 Å². The maximum absolute atomic E-state index is 5.86. The normalized spacial score (nSPS) is 13.1. The van der Waals surface area contributed by atoms with E-state index < -0.39 is 0 Å². The van der Waals surface area contributed by atoms with Crippen LogP contribution in [0.25, 0.3) is 0 Å². The highest BCUT2D eigenvalue weighted by Crippen LogP contribution is 2.27. The fourth-order valence-corrected chi connectivity index (χ4v) is 2.06. The van der Waals surface area contributed by atoms with Gasteiger partial charge in [0.2, 0.25) is 0 Å². The molecule has 15 heavy (non-hydrogen) atoms. The highest BCUT2D eigenvalue weighted by atomic mass is 35.5. The fourth-order valence-electron chi connectivity index (χ4n) is 1.93. The van der Waals surface area contributed by atoms with Gasteiger partial charge in [-0.05, 0) is 23.6 Å². The summed E-state index contributed by atoms with van der Waals surface area (Å²) in [5, 5.41) is 0.763. The zero-order valence-electron chi connectivity index (χ0n) is 9.33. The fraction of sp³-hybridized carbons (Fsp3) is 0.500. The van der Waals surface area contributed by atoms with Gasteiger partial charge < -0.3 is 0 Å². The van der Waals surface area contributed by atoms with Crippen LogP contribution in [0.2, 0.25) is 5.02 Å². The highest BCUT2D eigenvalue weighted by molar-refractivity contribution is 6.30. The Morgan fingerprint density at radius 2 is 1.73 bits per heavy atom. The van der Waals surface area contributed by atoms with Crippen LogP contribution in [0.3, 0.4) is 0 Å². The number of hydrazine groups is 1. The van der Waals surface area contributed by atoms with Gasteiger partial charge in [-0.2, -0.15) is 0 Å². The lowest BCUT2D eigenvalue weighted by Gasteiger charge is -2.24. The number of nitrogens with two attached hydrogens (primary N) is 1. The van der Waals surface area contributed by atoms with Crippen molar-refractivity contribution in [2.24, 2.45) is 11.8 Å². The Kier molecular flexibility index (Phi) is 5.09. The van der Waals surface area contributed by atoms with Crippen molar-refractivity contribution >= 4 is 11.6 Å². The van der Waals surface area contributed by atoms with Crippen LogP contribution in [0.4, 0.5) is 0 Å². The average Bonchev–Trinajstić information content (AvgIpc) is 2.27. The molecule has 1 aromatic rings. The quantitative estimate of drug-likeness (QED) is 0.597. The van der Waals surface area contributed by atoms with Crippen LogP contribution in [0.15, 0.2) is 24.3 Å². The molecule has 0 aliphatic carbocycles. The maximum atomic E-state index is 5.86. The summed E-state index contributed by atoms with van der Waals surface area (Å²) in [5.41, 5.74) is 4.10. The molecule has 1 atom stereocenters. The first-order valence-electron chi connectivity index (χ1n) is 5.44. The first kappa shape index (κ1) is 12.5. The second-order valence-corrected chi connectivity index (χ2v) is 4.21. The third-order valence-electron chi connectivity index (χ3n) is 2.93. The van der Waals surface area contributed by atoms with E-state index >= 15 is 0 Å². The Hall–Kier alpha value is -0.570. The summed E-state index contributed by atoms with van der Waals surface area (Å²) in [6.45, 7) is 4.38. The Labute approximate surface area is 96.8 Å². The number of hydrogen-bond donors (Lipinski definition) is 2. The third-order valence-corrected chi connectivity index (χ3v) is 3.18. The molecule has 0 amide bonds. The van der Waals surface area contributed by atoms with Crippen LogP contribution < -0.4 is 11.3 Å². The molecule has 1 unspecified atom stereocenters. The van der Waals surface area contributed by atoms with Gasteiger partial charge in [0, 0.05) is 11.1 Å². The van der Waals surface area contributed by atoms with Crippen LogP contribution in [-0.2, 0) is 0 Å². The summed E-state index contributed by atoms with van der Waals surface area (Å²) in [4.78, 5) is 0. The topological polar surface area (TPSA) is 38.0 Å². The summed E-state index contributed by atoms with van der Waals surface area (Å²) < 4.78 is 0. The zero-order valence-corrected chi connectivity index (χ0v) is 10.1. The van der Waals surface area contributed by atoms with Crippen molar-refractivity contribution in [3.63, 3.8) is 0 Å². The molecule has 0 aliphatic rings. The minimum Gasteiger partial charge on any atom is -0.271 e. The summed E-state index contributed by atoms with van der Waals surface area (Å²) in [7, 11) is 0. The van der Waals surface area contributed by atoms with Gasteiger partial charge in [0.05, 0.1) is 0 Å². The summed E-state index contributed by atoms with van der Waals surface area (Å²) >= 11 is 5.86. The minimum absolute atomic E-state index is 0.220. The Balaban J connectivity index is 2.86. The van der Waals surface area contributed by atoms with Crippen LogP contribution in [-0.4, -0.2) is 0 Å². The molecule has 0 aromatic heterocycles. The van der Waals surface area contributed by atoms with E-state index in [4.69, 9.17) is 17.4 Å². The van der Waals surface area contributed by atoms with Crippen LogP contribution in [0.1, 0.15) is 38.3 Å². The van der Waals surface area contributed by atoms with Gasteiger partial charge in [0.1, 0.15) is 0 Å². The molecule has 3 N–H and O–H groups in total. The average molecular weight is 227 g/mol. The number of benzene rings is 1. The molecule has 0 aliphatic heterocycles. The van der Waals surface area contributed by atoms with E-state index in [1.807, 2.05) is 24.3 Å². The van der Waals surface area contributed by atoms with Gasteiger partial charge in [-0.1, -0.05) is 50.4 Å². The van der Waals surface area contributed by atoms with Crippen LogP contribution in [0.5, 0.6) is 0 Å². The lowest BCUT2D eigenvalue weighted by atomic mass is 9.89. The van der Waals surface area contributed by atoms with Crippen molar-refractivity contribution < 1.29 is 0 Å². The molecule has 0 saturated carbocycles. The van der Waals surface area contributed by atoms with Gasteiger partial charge in [0.25, 0.3) is 0 Å². The Morgan fingerprint density at radius 1 is 1.20 bits per heavy atom. The Bertz CT molecular complexity index is 280. The summed E-state index contributed by atoms with van der Waals surface area (Å²) in [5.74, 6) is 6.18. The zero-order chi connectivity index (χ0) is 11.3. The first-order chi connectivity index (χ1) is 7.22. The molecule has 0 heterocycles. The highest BCUT2D eigenvalue weighted by Gasteiger charge is 2.18. The molecule has 3 heteroatoms. The van der Waals surface area contributed by atoms with Gasteiger partial charge in [-0.15, -0.1) is 0 Å². The smallest absolute Gasteiger partial charge is 0.0487 e. The molecule has 0 spiro atoms. The molecule has 1 aromatic carbocycles. The van der Waals surface area contributed by atoms with Crippen molar-refractivity contribution in [3.8, 4) is 0 Å². The van der Waals surface area contributed by atoms with Crippen molar-refractivity contribution in [3.05, 3.63) is 34.9 Å². The van der Waals surface area contributed by atoms with Gasteiger partial charge in [-0.25, -0.2) is 0 Å². The van der Waals surface area contributed by atoms with E-state index in [0.29, 0.717) is 5.92 Å². The molecular formula is C12H19ClN2. The van der Waals surface area contributed by atoms with Crippen LogP contribution >= 0.6 is 11.6 Å². The standard InChI is InChI=1S/C12H19ClN2/c1-3-9(4-2)12(15-14)10-5-7-11(13)8-6-10/h5-9,12,15H,3-4,14H2,1-2H3. The predicted molar refractivity (Wildman–Crippen MR) is 65.6 cm³/mol. The molecule has 84 valence electrons. The van der Waals surface area contributed by atoms with Crippen molar-refractivity contribution in [1.82, 2.24) is 5.43 Å². The second kappa shape index (κ2) is 6.11. The summed E-state index contributed by atoms with van der Waals surface area (Å²) in [6.07, 6.45) is 2.24. The van der Waals surface area contributed by atoms with E-state index in [-0.39, 0.29) is 6.04 Å². The molecule has 0 bridgehead atoms. The van der Waals surface area contributed by atoms with Crippen LogP contribution in [0, 0.1) is 5.92 Å². The SMILES string of the molecule is CCC(CC)C(NN)c1ccc(Cl)cc1. The largest absolute Gasteiger partial charge is 0.271 e. The molecule has 0 radical (unpaired) electrons. The van der Waals surface area contributed by atoms with E-state index in [0.717, 1.165) is 17.9 Å². The molecular weight excluding hydrogens is 208 g/mol. The molecule has 1 rings (SSSR count). The van der Waals surface area contributed by atoms with E-state index in [1.54, 1.807) is 0 Å². The van der Waals surface area contributed by atoms with Crippen molar-refractivity contribution in [2.45, 2.75) is 32.7 Å². The lowest BCUT2D eigenvalue weighted by Crippen LogP contribution is -2.33. The molecule has 0 fully saturated rings.